The number of hydrogen-bond donors (Lipinski definition) is 1. The van der Waals surface area contributed by atoms with Crippen molar-refractivity contribution >= 4 is 11.7 Å². The average molecular weight is 392 g/mol. The molecule has 29 heavy (non-hydrogen) atoms. The van der Waals surface area contributed by atoms with E-state index in [9.17, 15) is 4.79 Å². The van der Waals surface area contributed by atoms with E-state index in [1.807, 2.05) is 60.4 Å². The molecule has 0 bridgehead atoms. The molecule has 2 heterocycles. The molecule has 0 saturated carbocycles. The molecule has 2 amide bonds. The Morgan fingerprint density at radius 2 is 1.79 bits per heavy atom. The second-order valence-electron chi connectivity index (χ2n) is 7.24. The number of anilines is 1. The van der Waals surface area contributed by atoms with Gasteiger partial charge in [0, 0.05) is 30.3 Å². The lowest BCUT2D eigenvalue weighted by Crippen LogP contribution is -2.40. The van der Waals surface area contributed by atoms with Crippen LogP contribution in [0.3, 0.4) is 0 Å². The zero-order valence-corrected chi connectivity index (χ0v) is 16.6. The summed E-state index contributed by atoms with van der Waals surface area (Å²) >= 11 is 0. The summed E-state index contributed by atoms with van der Waals surface area (Å²) in [7, 11) is 1.63. The summed E-state index contributed by atoms with van der Waals surface area (Å²) in [4.78, 5) is 18.9. The highest BCUT2D eigenvalue weighted by Crippen LogP contribution is 2.29. The van der Waals surface area contributed by atoms with Crippen molar-refractivity contribution in [2.75, 3.05) is 25.5 Å². The lowest BCUT2D eigenvalue weighted by Gasteiger charge is -2.30. The Morgan fingerprint density at radius 3 is 2.45 bits per heavy atom. The Morgan fingerprint density at radius 1 is 1.10 bits per heavy atom. The Balaban J connectivity index is 1.34. The summed E-state index contributed by atoms with van der Waals surface area (Å²) in [6, 6.07) is 15.3. The van der Waals surface area contributed by atoms with Crippen LogP contribution in [0.1, 0.15) is 30.2 Å². The van der Waals surface area contributed by atoms with Gasteiger partial charge < -0.3 is 19.5 Å². The molecule has 0 aliphatic carbocycles. The monoisotopic (exact) mass is 392 g/mol. The number of carbonyl (C=O) groups is 1. The number of likely N-dealkylation sites (tertiary alicyclic amines) is 1. The quantitative estimate of drug-likeness (QED) is 0.709. The highest BCUT2D eigenvalue weighted by atomic mass is 16.5. The third kappa shape index (κ3) is 4.39. The Bertz CT molecular complexity index is 958. The Kier molecular flexibility index (Phi) is 5.46. The minimum atomic E-state index is -0.0724. The molecule has 7 heteroatoms. The van der Waals surface area contributed by atoms with Gasteiger partial charge in [0.2, 0.25) is 11.7 Å². The Labute approximate surface area is 169 Å². The first-order chi connectivity index (χ1) is 14.1. The molecule has 4 rings (SSSR count). The van der Waals surface area contributed by atoms with Gasteiger partial charge in [-0.15, -0.1) is 0 Å². The highest BCUT2D eigenvalue weighted by Gasteiger charge is 2.27. The molecule has 1 aliphatic rings. The van der Waals surface area contributed by atoms with Gasteiger partial charge in [-0.25, -0.2) is 4.79 Å². The largest absolute Gasteiger partial charge is 0.497 e. The number of piperidine rings is 1. The van der Waals surface area contributed by atoms with E-state index in [4.69, 9.17) is 9.26 Å². The van der Waals surface area contributed by atoms with Crippen LogP contribution in [0.4, 0.5) is 10.5 Å². The summed E-state index contributed by atoms with van der Waals surface area (Å²) in [6.45, 7) is 3.33. The topological polar surface area (TPSA) is 80.5 Å². The fourth-order valence-corrected chi connectivity index (χ4v) is 3.43. The van der Waals surface area contributed by atoms with Crippen LogP contribution in [0, 0.1) is 6.92 Å². The normalized spacial score (nSPS) is 14.6. The molecular formula is C22H24N4O3. The predicted molar refractivity (Wildman–Crippen MR) is 110 cm³/mol. The van der Waals surface area contributed by atoms with E-state index in [0.29, 0.717) is 24.8 Å². The first-order valence-corrected chi connectivity index (χ1v) is 9.73. The first kappa shape index (κ1) is 19.0. The smallest absolute Gasteiger partial charge is 0.321 e. The van der Waals surface area contributed by atoms with Crippen LogP contribution in [-0.4, -0.2) is 41.3 Å². The van der Waals surface area contributed by atoms with Crippen molar-refractivity contribution in [3.63, 3.8) is 0 Å². The van der Waals surface area contributed by atoms with Gasteiger partial charge in [0.25, 0.3) is 0 Å². The van der Waals surface area contributed by atoms with E-state index < -0.39 is 0 Å². The maximum atomic E-state index is 12.5. The molecule has 1 N–H and O–H groups in total. The van der Waals surface area contributed by atoms with Crippen LogP contribution in [0.15, 0.2) is 53.1 Å². The number of rotatable bonds is 4. The fraction of sp³-hybridized carbons (Fsp3) is 0.318. The molecular weight excluding hydrogens is 368 g/mol. The molecule has 1 saturated heterocycles. The molecule has 7 nitrogen and oxygen atoms in total. The summed E-state index contributed by atoms with van der Waals surface area (Å²) in [6.07, 6.45) is 1.59. The van der Waals surface area contributed by atoms with Gasteiger partial charge in [-0.3, -0.25) is 0 Å². The van der Waals surface area contributed by atoms with Crippen molar-refractivity contribution in [3.8, 4) is 17.1 Å². The van der Waals surface area contributed by atoms with E-state index in [2.05, 4.69) is 15.5 Å². The number of urea groups is 1. The van der Waals surface area contributed by atoms with Crippen molar-refractivity contribution in [3.05, 3.63) is 60.0 Å². The molecule has 0 unspecified atom stereocenters. The van der Waals surface area contributed by atoms with E-state index in [1.165, 1.54) is 0 Å². The average Bonchev–Trinajstić information content (AvgIpc) is 3.26. The maximum Gasteiger partial charge on any atom is 0.321 e. The van der Waals surface area contributed by atoms with E-state index in [-0.39, 0.29) is 11.9 Å². The van der Waals surface area contributed by atoms with Crippen LogP contribution >= 0.6 is 0 Å². The maximum absolute atomic E-state index is 12.5. The van der Waals surface area contributed by atoms with Crippen molar-refractivity contribution in [1.29, 1.82) is 0 Å². The minimum Gasteiger partial charge on any atom is -0.497 e. The van der Waals surface area contributed by atoms with Gasteiger partial charge >= 0.3 is 6.03 Å². The molecule has 150 valence electrons. The molecule has 1 aliphatic heterocycles. The number of hydrogen-bond acceptors (Lipinski definition) is 5. The zero-order valence-electron chi connectivity index (χ0n) is 16.6. The third-order valence-corrected chi connectivity index (χ3v) is 5.22. The standard InChI is InChI=1S/C22H24N4O3/c1-15-3-7-18(8-4-15)23-22(27)26-13-11-17(12-14-26)21-24-20(25-29-21)16-5-9-19(28-2)10-6-16/h3-10,17H,11-14H2,1-2H3,(H,23,27). The molecule has 3 aromatic rings. The van der Waals surface area contributed by atoms with E-state index in [0.717, 1.165) is 35.4 Å². The lowest BCUT2D eigenvalue weighted by atomic mass is 9.97. The molecule has 0 spiro atoms. The van der Waals surface area contributed by atoms with Gasteiger partial charge in [-0.1, -0.05) is 22.9 Å². The third-order valence-electron chi connectivity index (χ3n) is 5.22. The molecule has 2 aromatic carbocycles. The first-order valence-electron chi connectivity index (χ1n) is 9.73. The van der Waals surface area contributed by atoms with E-state index >= 15 is 0 Å². The predicted octanol–water partition coefficient (Wildman–Crippen LogP) is 4.47. The number of methoxy groups -OCH3 is 1. The summed E-state index contributed by atoms with van der Waals surface area (Å²) in [5.74, 6) is 2.16. The SMILES string of the molecule is COc1ccc(-c2noc(C3CCN(C(=O)Nc4ccc(C)cc4)CC3)n2)cc1. The number of benzene rings is 2. The van der Waals surface area contributed by atoms with Crippen LogP contribution < -0.4 is 10.1 Å². The summed E-state index contributed by atoms with van der Waals surface area (Å²) in [5.41, 5.74) is 2.86. The van der Waals surface area contributed by atoms with Gasteiger partial charge in [-0.05, 0) is 56.2 Å². The van der Waals surface area contributed by atoms with Crippen LogP contribution in [0.5, 0.6) is 5.75 Å². The highest BCUT2D eigenvalue weighted by molar-refractivity contribution is 5.89. The van der Waals surface area contributed by atoms with Crippen molar-refractivity contribution < 1.29 is 14.1 Å². The lowest BCUT2D eigenvalue weighted by molar-refractivity contribution is 0.187. The number of aromatic nitrogens is 2. The van der Waals surface area contributed by atoms with Crippen molar-refractivity contribution in [2.45, 2.75) is 25.7 Å². The van der Waals surface area contributed by atoms with E-state index in [1.54, 1.807) is 7.11 Å². The van der Waals surface area contributed by atoms with Gasteiger partial charge in [0.05, 0.1) is 7.11 Å². The van der Waals surface area contributed by atoms with Crippen LogP contribution in [-0.2, 0) is 0 Å². The zero-order chi connectivity index (χ0) is 20.2. The number of aryl methyl sites for hydroxylation is 1. The van der Waals surface area contributed by atoms with Crippen molar-refractivity contribution in [1.82, 2.24) is 15.0 Å². The van der Waals surface area contributed by atoms with Gasteiger partial charge in [0.15, 0.2) is 0 Å². The summed E-state index contributed by atoms with van der Waals surface area (Å²) < 4.78 is 10.7. The number of nitrogens with zero attached hydrogens (tertiary/aromatic N) is 3. The van der Waals surface area contributed by atoms with Crippen molar-refractivity contribution in [2.24, 2.45) is 0 Å². The fourth-order valence-electron chi connectivity index (χ4n) is 3.43. The molecule has 1 fully saturated rings. The molecule has 1 aromatic heterocycles. The summed E-state index contributed by atoms with van der Waals surface area (Å²) in [5, 5.41) is 7.07. The second-order valence-corrected chi connectivity index (χ2v) is 7.24. The van der Waals surface area contributed by atoms with Crippen LogP contribution in [0.25, 0.3) is 11.4 Å². The number of carbonyl (C=O) groups excluding carboxylic acids is 1. The minimum absolute atomic E-state index is 0.0724. The van der Waals surface area contributed by atoms with Gasteiger partial charge in [-0.2, -0.15) is 4.98 Å². The number of nitrogens with one attached hydrogen (secondary N) is 1. The number of ether oxygens (including phenoxy) is 1. The second kappa shape index (κ2) is 8.34. The van der Waals surface area contributed by atoms with Gasteiger partial charge in [0.1, 0.15) is 5.75 Å². The molecule has 0 radical (unpaired) electrons. The Hall–Kier alpha value is -3.35. The molecule has 0 atom stereocenters. The van der Waals surface area contributed by atoms with Crippen LogP contribution in [0.2, 0.25) is 0 Å². The number of amides is 2.